The smallest absolute Gasteiger partial charge is 0.254 e. The Morgan fingerprint density at radius 3 is 2.19 bits per heavy atom. The van der Waals surface area contributed by atoms with Gasteiger partial charge < -0.3 is 5.32 Å². The molecule has 0 spiro atoms. The highest BCUT2D eigenvalue weighted by molar-refractivity contribution is 5.94. The number of aromatic nitrogens is 2. The third-order valence-electron chi connectivity index (χ3n) is 5.88. The SMILES string of the molecule is Cc1nc(C2CCN(Cc3ccc(F)cc3)CC2)ncc1C(=O)NCc1ccc(F)cc1. The number of likely N-dealkylation sites (tertiary alicyclic amines) is 1. The van der Waals surface area contributed by atoms with E-state index in [4.69, 9.17) is 0 Å². The number of nitrogens with one attached hydrogen (secondary N) is 1. The Bertz CT molecular complexity index is 1060. The molecule has 2 aromatic carbocycles. The van der Waals surface area contributed by atoms with Gasteiger partial charge in [-0.3, -0.25) is 9.69 Å². The Balaban J connectivity index is 1.31. The van der Waals surface area contributed by atoms with E-state index in [1.807, 2.05) is 19.1 Å². The van der Waals surface area contributed by atoms with Crippen molar-refractivity contribution in [3.8, 4) is 0 Å². The van der Waals surface area contributed by atoms with Gasteiger partial charge in [-0.15, -0.1) is 0 Å². The Morgan fingerprint density at radius 2 is 1.59 bits per heavy atom. The molecule has 166 valence electrons. The summed E-state index contributed by atoms with van der Waals surface area (Å²) < 4.78 is 26.1. The summed E-state index contributed by atoms with van der Waals surface area (Å²) in [6, 6.07) is 12.7. The first kappa shape index (κ1) is 22.0. The molecule has 1 aliphatic rings. The Labute approximate surface area is 186 Å². The molecule has 0 radical (unpaired) electrons. The molecule has 1 fully saturated rings. The third-order valence-corrected chi connectivity index (χ3v) is 5.88. The van der Waals surface area contributed by atoms with Crippen molar-refractivity contribution >= 4 is 5.91 Å². The molecule has 1 saturated heterocycles. The Kier molecular flexibility index (Phi) is 6.85. The number of rotatable bonds is 6. The van der Waals surface area contributed by atoms with Crippen molar-refractivity contribution in [3.05, 3.63) is 94.6 Å². The average Bonchev–Trinajstić information content (AvgIpc) is 2.80. The molecule has 0 unspecified atom stereocenters. The maximum atomic E-state index is 13.1. The van der Waals surface area contributed by atoms with E-state index < -0.39 is 0 Å². The van der Waals surface area contributed by atoms with E-state index in [0.717, 1.165) is 49.4 Å². The summed E-state index contributed by atoms with van der Waals surface area (Å²) in [4.78, 5) is 24.0. The lowest BCUT2D eigenvalue weighted by molar-refractivity contribution is 0.0949. The highest BCUT2D eigenvalue weighted by atomic mass is 19.1. The zero-order valence-corrected chi connectivity index (χ0v) is 18.0. The topological polar surface area (TPSA) is 58.1 Å². The summed E-state index contributed by atoms with van der Waals surface area (Å²) in [6.45, 7) is 4.78. The van der Waals surface area contributed by atoms with Crippen LogP contribution < -0.4 is 5.32 Å². The molecule has 0 atom stereocenters. The molecule has 1 aliphatic heterocycles. The van der Waals surface area contributed by atoms with E-state index in [2.05, 4.69) is 20.2 Å². The summed E-state index contributed by atoms with van der Waals surface area (Å²) in [7, 11) is 0. The van der Waals surface area contributed by atoms with Crippen molar-refractivity contribution in [1.82, 2.24) is 20.2 Å². The van der Waals surface area contributed by atoms with Crippen LogP contribution in [0.1, 0.15) is 51.8 Å². The molecule has 1 amide bonds. The third kappa shape index (κ3) is 5.53. The minimum atomic E-state index is -0.304. The monoisotopic (exact) mass is 436 g/mol. The number of hydrogen-bond donors (Lipinski definition) is 1. The van der Waals surface area contributed by atoms with Crippen LogP contribution >= 0.6 is 0 Å². The van der Waals surface area contributed by atoms with Gasteiger partial charge >= 0.3 is 0 Å². The van der Waals surface area contributed by atoms with E-state index in [1.54, 1.807) is 18.3 Å². The van der Waals surface area contributed by atoms with E-state index in [9.17, 15) is 13.6 Å². The molecule has 5 nitrogen and oxygen atoms in total. The van der Waals surface area contributed by atoms with Gasteiger partial charge in [-0.2, -0.15) is 0 Å². The van der Waals surface area contributed by atoms with Gasteiger partial charge in [-0.25, -0.2) is 18.7 Å². The number of halogens is 2. The van der Waals surface area contributed by atoms with E-state index in [1.165, 1.54) is 24.3 Å². The molecular weight excluding hydrogens is 410 g/mol. The van der Waals surface area contributed by atoms with Crippen LogP contribution in [0.25, 0.3) is 0 Å². The number of amides is 1. The molecule has 4 rings (SSSR count). The fourth-order valence-electron chi connectivity index (χ4n) is 3.98. The second kappa shape index (κ2) is 9.96. The maximum Gasteiger partial charge on any atom is 0.254 e. The molecule has 0 saturated carbocycles. The molecule has 1 N–H and O–H groups in total. The van der Waals surface area contributed by atoms with Crippen LogP contribution in [0.3, 0.4) is 0 Å². The number of nitrogens with zero attached hydrogens (tertiary/aromatic N) is 3. The quantitative estimate of drug-likeness (QED) is 0.623. The van der Waals surface area contributed by atoms with E-state index >= 15 is 0 Å². The van der Waals surface area contributed by atoms with Crippen LogP contribution in [0.4, 0.5) is 8.78 Å². The first-order valence-corrected chi connectivity index (χ1v) is 10.8. The summed E-state index contributed by atoms with van der Waals surface area (Å²) >= 11 is 0. The Hall–Kier alpha value is -3.19. The molecule has 0 bridgehead atoms. The van der Waals surface area contributed by atoms with Crippen LogP contribution in [0.2, 0.25) is 0 Å². The molecule has 1 aromatic heterocycles. The molecular formula is C25H26F2N4O. The van der Waals surface area contributed by atoms with Crippen molar-refractivity contribution in [2.75, 3.05) is 13.1 Å². The van der Waals surface area contributed by atoms with Gasteiger partial charge in [0.05, 0.1) is 11.3 Å². The van der Waals surface area contributed by atoms with Crippen LogP contribution in [0.15, 0.2) is 54.7 Å². The van der Waals surface area contributed by atoms with Crippen molar-refractivity contribution < 1.29 is 13.6 Å². The van der Waals surface area contributed by atoms with Crippen LogP contribution in [0, 0.1) is 18.6 Å². The summed E-state index contributed by atoms with van der Waals surface area (Å²) in [5.74, 6) is 0.273. The lowest BCUT2D eigenvalue weighted by Crippen LogP contribution is -2.33. The number of aryl methyl sites for hydroxylation is 1. The number of carbonyl (C=O) groups excluding carboxylic acids is 1. The highest BCUT2D eigenvalue weighted by Gasteiger charge is 2.24. The first-order valence-electron chi connectivity index (χ1n) is 10.8. The minimum absolute atomic E-state index is 0.215. The van der Waals surface area contributed by atoms with Crippen molar-refractivity contribution in [3.63, 3.8) is 0 Å². The fourth-order valence-corrected chi connectivity index (χ4v) is 3.98. The maximum absolute atomic E-state index is 13.1. The van der Waals surface area contributed by atoms with Crippen molar-refractivity contribution in [2.24, 2.45) is 0 Å². The molecule has 32 heavy (non-hydrogen) atoms. The second-order valence-corrected chi connectivity index (χ2v) is 8.21. The molecule has 0 aliphatic carbocycles. The number of piperidine rings is 1. The minimum Gasteiger partial charge on any atom is -0.348 e. The summed E-state index contributed by atoms with van der Waals surface area (Å²) in [6.07, 6.45) is 3.48. The average molecular weight is 437 g/mol. The Morgan fingerprint density at radius 1 is 1.00 bits per heavy atom. The summed E-state index contributed by atoms with van der Waals surface area (Å²) in [5, 5.41) is 2.84. The molecule has 2 heterocycles. The van der Waals surface area contributed by atoms with E-state index in [0.29, 0.717) is 17.8 Å². The second-order valence-electron chi connectivity index (χ2n) is 8.21. The normalized spacial score (nSPS) is 15.0. The standard InChI is InChI=1S/C25H26F2N4O/c1-17-23(25(32)29-14-18-2-6-21(26)7-3-18)15-28-24(30-17)20-10-12-31(13-11-20)16-19-4-8-22(27)9-5-19/h2-9,15,20H,10-14,16H2,1H3,(H,29,32). The molecule has 3 aromatic rings. The lowest BCUT2D eigenvalue weighted by atomic mass is 9.95. The first-order chi connectivity index (χ1) is 15.5. The predicted molar refractivity (Wildman–Crippen MR) is 118 cm³/mol. The molecule has 7 heteroatoms. The summed E-state index contributed by atoms with van der Waals surface area (Å²) in [5.41, 5.74) is 3.03. The number of hydrogen-bond acceptors (Lipinski definition) is 4. The highest BCUT2D eigenvalue weighted by Crippen LogP contribution is 2.27. The number of carbonyl (C=O) groups is 1. The van der Waals surface area contributed by atoms with Crippen LogP contribution in [-0.4, -0.2) is 33.9 Å². The van der Waals surface area contributed by atoms with Gasteiger partial charge in [0.15, 0.2) is 0 Å². The van der Waals surface area contributed by atoms with Gasteiger partial charge in [0.2, 0.25) is 0 Å². The number of benzene rings is 2. The van der Waals surface area contributed by atoms with E-state index in [-0.39, 0.29) is 23.5 Å². The zero-order chi connectivity index (χ0) is 22.5. The van der Waals surface area contributed by atoms with Crippen molar-refractivity contribution in [1.29, 1.82) is 0 Å². The van der Waals surface area contributed by atoms with Crippen LogP contribution in [-0.2, 0) is 13.1 Å². The van der Waals surface area contributed by atoms with Gasteiger partial charge in [0, 0.05) is 25.2 Å². The lowest BCUT2D eigenvalue weighted by Gasteiger charge is -2.31. The fraction of sp³-hybridized carbons (Fsp3) is 0.320. The zero-order valence-electron chi connectivity index (χ0n) is 18.0. The van der Waals surface area contributed by atoms with Gasteiger partial charge in [-0.1, -0.05) is 24.3 Å². The van der Waals surface area contributed by atoms with Gasteiger partial charge in [0.1, 0.15) is 17.5 Å². The van der Waals surface area contributed by atoms with Crippen LogP contribution in [0.5, 0.6) is 0 Å². The van der Waals surface area contributed by atoms with Gasteiger partial charge in [0.25, 0.3) is 5.91 Å². The predicted octanol–water partition coefficient (Wildman–Crippen LogP) is 4.37. The van der Waals surface area contributed by atoms with Crippen molar-refractivity contribution in [2.45, 2.75) is 38.8 Å². The van der Waals surface area contributed by atoms with Gasteiger partial charge in [-0.05, 0) is 68.2 Å². The largest absolute Gasteiger partial charge is 0.348 e.